The lowest BCUT2D eigenvalue weighted by atomic mass is 10.1. The Morgan fingerprint density at radius 3 is 2.70 bits per heavy atom. The fraction of sp³-hybridized carbons (Fsp3) is 0.438. The quantitative estimate of drug-likeness (QED) is 0.606. The summed E-state index contributed by atoms with van der Waals surface area (Å²) in [6, 6.07) is 5.63. The highest BCUT2D eigenvalue weighted by Gasteiger charge is 2.34. The van der Waals surface area contributed by atoms with E-state index in [9.17, 15) is 23.3 Å². The van der Waals surface area contributed by atoms with Crippen LogP contribution < -0.4 is 14.8 Å². The molecule has 27 heavy (non-hydrogen) atoms. The van der Waals surface area contributed by atoms with Gasteiger partial charge in [0.2, 0.25) is 0 Å². The van der Waals surface area contributed by atoms with Crippen LogP contribution in [0.1, 0.15) is 18.9 Å². The molecule has 0 saturated heterocycles. The standard InChI is InChI=1S/C16H17F3N4O4/c1-2-13-12(8-22-9-14(23(24)25)21-15(22)26-13)20-7-10-3-5-11(6-4-10)27-16(17,18)19/h3-6,9,12-13,20H,2,7-8H2,1H3/t12-,13?/m0/s1. The van der Waals surface area contributed by atoms with E-state index in [-0.39, 0.29) is 29.7 Å². The third kappa shape index (κ3) is 4.67. The van der Waals surface area contributed by atoms with Crippen molar-refractivity contribution in [3.63, 3.8) is 0 Å². The van der Waals surface area contributed by atoms with Gasteiger partial charge in [0.25, 0.3) is 0 Å². The van der Waals surface area contributed by atoms with E-state index in [1.807, 2.05) is 6.92 Å². The maximum atomic E-state index is 12.2. The van der Waals surface area contributed by atoms with Crippen molar-refractivity contribution in [3.8, 4) is 11.8 Å². The first-order valence-electron chi connectivity index (χ1n) is 8.21. The fourth-order valence-electron chi connectivity index (χ4n) is 2.87. The summed E-state index contributed by atoms with van der Waals surface area (Å²) in [6.07, 6.45) is -2.97. The lowest BCUT2D eigenvalue weighted by Gasteiger charge is -2.31. The number of alkyl halides is 3. The van der Waals surface area contributed by atoms with Crippen molar-refractivity contribution < 1.29 is 27.6 Å². The molecule has 1 aliphatic heterocycles. The Kier molecular flexibility index (Phi) is 5.22. The highest BCUT2D eigenvalue weighted by molar-refractivity contribution is 5.27. The zero-order chi connectivity index (χ0) is 19.6. The molecule has 2 heterocycles. The Bertz CT molecular complexity index is 807. The molecule has 11 heteroatoms. The Labute approximate surface area is 152 Å². The van der Waals surface area contributed by atoms with Gasteiger partial charge in [-0.1, -0.05) is 19.1 Å². The highest BCUT2D eigenvalue weighted by atomic mass is 19.4. The van der Waals surface area contributed by atoms with E-state index in [4.69, 9.17) is 4.74 Å². The zero-order valence-electron chi connectivity index (χ0n) is 14.3. The first-order valence-corrected chi connectivity index (χ1v) is 8.21. The van der Waals surface area contributed by atoms with Gasteiger partial charge >= 0.3 is 18.2 Å². The van der Waals surface area contributed by atoms with Gasteiger partial charge < -0.3 is 24.9 Å². The second kappa shape index (κ2) is 7.43. The van der Waals surface area contributed by atoms with Gasteiger partial charge in [0.15, 0.2) is 0 Å². The Morgan fingerprint density at radius 1 is 1.41 bits per heavy atom. The SMILES string of the molecule is CCC1Oc2nc([N+](=O)[O-])cn2C[C@@H]1NCc1ccc(OC(F)(F)F)cc1. The van der Waals surface area contributed by atoms with Gasteiger partial charge in [0.05, 0.1) is 6.04 Å². The molecule has 2 atom stereocenters. The number of halogens is 3. The number of nitro groups is 1. The highest BCUT2D eigenvalue weighted by Crippen LogP contribution is 2.26. The average Bonchev–Trinajstić information content (AvgIpc) is 3.02. The van der Waals surface area contributed by atoms with E-state index >= 15 is 0 Å². The first-order chi connectivity index (χ1) is 12.7. The van der Waals surface area contributed by atoms with Gasteiger partial charge in [-0.25, -0.2) is 0 Å². The molecule has 0 bridgehead atoms. The number of nitrogens with zero attached hydrogens (tertiary/aromatic N) is 3. The van der Waals surface area contributed by atoms with Crippen molar-refractivity contribution in [1.29, 1.82) is 0 Å². The van der Waals surface area contributed by atoms with Crippen LogP contribution in [0.5, 0.6) is 11.8 Å². The summed E-state index contributed by atoms with van der Waals surface area (Å²) < 4.78 is 47.7. The minimum Gasteiger partial charge on any atom is -0.441 e. The van der Waals surface area contributed by atoms with Gasteiger partial charge in [-0.15, -0.1) is 13.2 Å². The van der Waals surface area contributed by atoms with Crippen LogP contribution >= 0.6 is 0 Å². The molecule has 2 aromatic rings. The third-order valence-electron chi connectivity index (χ3n) is 4.14. The summed E-state index contributed by atoms with van der Waals surface area (Å²) >= 11 is 0. The predicted octanol–water partition coefficient (Wildman–Crippen LogP) is 3.02. The second-order valence-electron chi connectivity index (χ2n) is 6.03. The van der Waals surface area contributed by atoms with Crippen molar-refractivity contribution in [1.82, 2.24) is 14.9 Å². The number of imidazole rings is 1. The normalized spacial score (nSPS) is 19.3. The van der Waals surface area contributed by atoms with Gasteiger partial charge in [-0.3, -0.25) is 4.57 Å². The number of nitrogens with one attached hydrogen (secondary N) is 1. The summed E-state index contributed by atoms with van der Waals surface area (Å²) in [5.41, 5.74) is 0.766. The Hall–Kier alpha value is -2.82. The molecule has 3 rings (SSSR count). The smallest absolute Gasteiger partial charge is 0.441 e. The van der Waals surface area contributed by atoms with Gasteiger partial charge in [-0.2, -0.15) is 0 Å². The van der Waals surface area contributed by atoms with E-state index in [0.717, 1.165) is 5.56 Å². The maximum absolute atomic E-state index is 12.2. The number of benzene rings is 1. The average molecular weight is 386 g/mol. The number of rotatable bonds is 6. The van der Waals surface area contributed by atoms with Crippen LogP contribution in [-0.2, 0) is 13.1 Å². The lowest BCUT2D eigenvalue weighted by molar-refractivity contribution is -0.389. The predicted molar refractivity (Wildman–Crippen MR) is 87.3 cm³/mol. The van der Waals surface area contributed by atoms with Crippen LogP contribution in [0.3, 0.4) is 0 Å². The number of ether oxygens (including phenoxy) is 2. The van der Waals surface area contributed by atoms with Crippen molar-refractivity contribution in [2.45, 2.75) is 44.9 Å². The van der Waals surface area contributed by atoms with E-state index in [1.165, 1.54) is 30.5 Å². The minimum atomic E-state index is -4.72. The number of fused-ring (bicyclic) bond motifs is 1. The molecule has 1 aromatic heterocycles. The van der Waals surface area contributed by atoms with Crippen LogP contribution in [0.2, 0.25) is 0 Å². The van der Waals surface area contributed by atoms with E-state index in [2.05, 4.69) is 15.0 Å². The van der Waals surface area contributed by atoms with Crippen LogP contribution in [0.15, 0.2) is 30.5 Å². The summed E-state index contributed by atoms with van der Waals surface area (Å²) in [5.74, 6) is -0.560. The molecular formula is C16H17F3N4O4. The topological polar surface area (TPSA) is 91.5 Å². The molecule has 0 amide bonds. The van der Waals surface area contributed by atoms with Gasteiger partial charge in [0, 0.05) is 18.1 Å². The molecular weight excluding hydrogens is 369 g/mol. The van der Waals surface area contributed by atoms with E-state index in [0.29, 0.717) is 19.5 Å². The summed E-state index contributed by atoms with van der Waals surface area (Å²) in [4.78, 5) is 14.1. The van der Waals surface area contributed by atoms with E-state index < -0.39 is 11.3 Å². The Balaban J connectivity index is 1.63. The molecule has 1 aromatic carbocycles. The number of aromatic nitrogens is 2. The second-order valence-corrected chi connectivity index (χ2v) is 6.03. The maximum Gasteiger partial charge on any atom is 0.573 e. The fourth-order valence-corrected chi connectivity index (χ4v) is 2.87. The van der Waals surface area contributed by atoms with Crippen molar-refractivity contribution in [2.24, 2.45) is 0 Å². The molecule has 1 unspecified atom stereocenters. The summed E-state index contributed by atoms with van der Waals surface area (Å²) in [6.45, 7) is 2.75. The summed E-state index contributed by atoms with van der Waals surface area (Å²) in [7, 11) is 0. The van der Waals surface area contributed by atoms with Crippen LogP contribution in [0, 0.1) is 10.1 Å². The zero-order valence-corrected chi connectivity index (χ0v) is 14.3. The Morgan fingerprint density at radius 2 is 2.11 bits per heavy atom. The van der Waals surface area contributed by atoms with Crippen LogP contribution in [-0.4, -0.2) is 33.0 Å². The van der Waals surface area contributed by atoms with E-state index in [1.54, 1.807) is 4.57 Å². The molecule has 0 fully saturated rings. The largest absolute Gasteiger partial charge is 0.573 e. The molecule has 0 saturated carbocycles. The molecule has 0 radical (unpaired) electrons. The first kappa shape index (κ1) is 19.0. The van der Waals surface area contributed by atoms with Crippen LogP contribution in [0.25, 0.3) is 0 Å². The minimum absolute atomic E-state index is 0.137. The van der Waals surface area contributed by atoms with Crippen molar-refractivity contribution in [2.75, 3.05) is 0 Å². The monoisotopic (exact) mass is 386 g/mol. The molecule has 1 N–H and O–H groups in total. The molecule has 146 valence electrons. The summed E-state index contributed by atoms with van der Waals surface area (Å²) in [5, 5.41) is 14.1. The molecule has 0 aliphatic carbocycles. The van der Waals surface area contributed by atoms with Crippen LogP contribution in [0.4, 0.5) is 19.0 Å². The van der Waals surface area contributed by atoms with Crippen molar-refractivity contribution >= 4 is 5.82 Å². The lowest BCUT2D eigenvalue weighted by Crippen LogP contribution is -2.48. The molecule has 0 spiro atoms. The third-order valence-corrected chi connectivity index (χ3v) is 4.14. The molecule has 1 aliphatic rings. The van der Waals surface area contributed by atoms with Crippen molar-refractivity contribution in [3.05, 3.63) is 46.1 Å². The number of hydrogen-bond donors (Lipinski definition) is 1. The molecule has 8 nitrogen and oxygen atoms in total. The van der Waals surface area contributed by atoms with Gasteiger partial charge in [0.1, 0.15) is 18.1 Å². The van der Waals surface area contributed by atoms with Gasteiger partial charge in [-0.05, 0) is 29.0 Å². The number of hydrogen-bond acceptors (Lipinski definition) is 6.